The lowest BCUT2D eigenvalue weighted by Crippen LogP contribution is -2.14. The quantitative estimate of drug-likeness (QED) is 0.792. The summed E-state index contributed by atoms with van der Waals surface area (Å²) in [6, 6.07) is 7.56. The molecule has 0 fully saturated rings. The van der Waals surface area contributed by atoms with E-state index in [1.54, 1.807) is 4.57 Å². The molecule has 0 atom stereocenters. The molecule has 1 heterocycles. The van der Waals surface area contributed by atoms with E-state index in [-0.39, 0.29) is 5.76 Å². The van der Waals surface area contributed by atoms with Gasteiger partial charge in [0.05, 0.1) is 5.52 Å². The minimum Gasteiger partial charge on any atom is -0.408 e. The van der Waals surface area contributed by atoms with Crippen molar-refractivity contribution in [2.24, 2.45) is 5.92 Å². The van der Waals surface area contributed by atoms with Crippen molar-refractivity contribution >= 4 is 11.1 Å². The first-order valence-electron chi connectivity index (χ1n) is 5.77. The van der Waals surface area contributed by atoms with Crippen LogP contribution in [-0.4, -0.2) is 4.57 Å². The number of aryl methyl sites for hydroxylation is 1. The summed E-state index contributed by atoms with van der Waals surface area (Å²) in [5.41, 5.74) is 1.58. The molecule has 2 rings (SSSR count). The third-order valence-corrected chi connectivity index (χ3v) is 2.74. The average molecular weight is 219 g/mol. The third kappa shape index (κ3) is 2.18. The highest BCUT2D eigenvalue weighted by Crippen LogP contribution is 2.13. The van der Waals surface area contributed by atoms with Gasteiger partial charge in [0.1, 0.15) is 0 Å². The largest absolute Gasteiger partial charge is 0.419 e. The highest BCUT2D eigenvalue weighted by molar-refractivity contribution is 5.72. The molecule has 0 N–H and O–H groups in total. The molecule has 2 aromatic rings. The lowest BCUT2D eigenvalue weighted by atomic mass is 10.1. The van der Waals surface area contributed by atoms with Crippen LogP contribution in [-0.2, 0) is 6.54 Å². The molecular weight excluding hydrogens is 202 g/mol. The van der Waals surface area contributed by atoms with Crippen LogP contribution in [0.2, 0.25) is 0 Å². The molecule has 1 aromatic carbocycles. The smallest absolute Gasteiger partial charge is 0.408 e. The van der Waals surface area contributed by atoms with Gasteiger partial charge in [-0.2, -0.15) is 0 Å². The standard InChI is InChI=1S/C13H17NO2/c1-10(2)6-5-9-14-11-7-3-4-8-12(11)16-13(14)15/h3-4,7-8,10H,5-6,9H2,1-2H3. The zero-order valence-corrected chi connectivity index (χ0v) is 9.77. The van der Waals surface area contributed by atoms with Gasteiger partial charge in [0.15, 0.2) is 5.58 Å². The average Bonchev–Trinajstić information content (AvgIpc) is 2.55. The molecule has 0 aliphatic heterocycles. The summed E-state index contributed by atoms with van der Waals surface area (Å²) < 4.78 is 6.88. The van der Waals surface area contributed by atoms with Gasteiger partial charge in [0.25, 0.3) is 0 Å². The van der Waals surface area contributed by atoms with Gasteiger partial charge in [-0.25, -0.2) is 4.79 Å². The zero-order valence-electron chi connectivity index (χ0n) is 9.77. The van der Waals surface area contributed by atoms with E-state index in [0.717, 1.165) is 24.9 Å². The number of aromatic nitrogens is 1. The Kier molecular flexibility index (Phi) is 3.13. The fourth-order valence-electron chi connectivity index (χ4n) is 1.88. The summed E-state index contributed by atoms with van der Waals surface area (Å²) in [5.74, 6) is 0.429. The van der Waals surface area contributed by atoms with E-state index in [2.05, 4.69) is 13.8 Å². The van der Waals surface area contributed by atoms with Gasteiger partial charge < -0.3 is 4.42 Å². The van der Waals surface area contributed by atoms with Crippen molar-refractivity contribution in [1.82, 2.24) is 4.57 Å². The van der Waals surface area contributed by atoms with E-state index in [1.807, 2.05) is 24.3 Å². The van der Waals surface area contributed by atoms with Crippen LogP contribution in [0.5, 0.6) is 0 Å². The van der Waals surface area contributed by atoms with Gasteiger partial charge >= 0.3 is 5.76 Å². The molecule has 0 unspecified atom stereocenters. The van der Waals surface area contributed by atoms with Gasteiger partial charge in [-0.15, -0.1) is 0 Å². The normalized spacial score (nSPS) is 11.4. The Bertz CT molecular complexity index is 522. The first kappa shape index (κ1) is 11.0. The number of oxazole rings is 1. The van der Waals surface area contributed by atoms with Crippen molar-refractivity contribution in [1.29, 1.82) is 0 Å². The molecule has 0 bridgehead atoms. The second kappa shape index (κ2) is 4.56. The number of benzene rings is 1. The third-order valence-electron chi connectivity index (χ3n) is 2.74. The zero-order chi connectivity index (χ0) is 11.5. The summed E-state index contributed by atoms with van der Waals surface area (Å²) in [6.45, 7) is 5.13. The molecule has 3 nitrogen and oxygen atoms in total. The van der Waals surface area contributed by atoms with Crippen LogP contribution in [0.25, 0.3) is 11.1 Å². The van der Waals surface area contributed by atoms with Crippen molar-refractivity contribution in [3.63, 3.8) is 0 Å². The number of hydrogen-bond donors (Lipinski definition) is 0. The molecule has 0 saturated carbocycles. The first-order valence-corrected chi connectivity index (χ1v) is 5.77. The molecule has 1 aromatic heterocycles. The van der Waals surface area contributed by atoms with Crippen molar-refractivity contribution in [2.75, 3.05) is 0 Å². The Balaban J connectivity index is 2.23. The van der Waals surface area contributed by atoms with Crippen molar-refractivity contribution in [3.05, 3.63) is 34.8 Å². The monoisotopic (exact) mass is 219 g/mol. The summed E-state index contributed by atoms with van der Waals surface area (Å²) in [6.07, 6.45) is 2.15. The van der Waals surface area contributed by atoms with E-state index in [1.165, 1.54) is 0 Å². The molecule has 3 heteroatoms. The van der Waals surface area contributed by atoms with Crippen LogP contribution in [0.15, 0.2) is 33.5 Å². The van der Waals surface area contributed by atoms with E-state index in [9.17, 15) is 4.79 Å². The maximum atomic E-state index is 11.6. The Labute approximate surface area is 94.7 Å². The second-order valence-corrected chi connectivity index (χ2v) is 4.52. The maximum Gasteiger partial charge on any atom is 0.419 e. The topological polar surface area (TPSA) is 35.1 Å². The molecule has 0 amide bonds. The Morgan fingerprint density at radius 3 is 2.81 bits per heavy atom. The molecule has 0 saturated heterocycles. The summed E-state index contributed by atoms with van der Waals surface area (Å²) in [7, 11) is 0. The van der Waals surface area contributed by atoms with E-state index in [4.69, 9.17) is 4.42 Å². The summed E-state index contributed by atoms with van der Waals surface area (Å²) in [5, 5.41) is 0. The van der Waals surface area contributed by atoms with Crippen molar-refractivity contribution < 1.29 is 4.42 Å². The number of nitrogens with zero attached hydrogens (tertiary/aromatic N) is 1. The Morgan fingerprint density at radius 2 is 2.06 bits per heavy atom. The predicted molar refractivity (Wildman–Crippen MR) is 64.5 cm³/mol. The maximum absolute atomic E-state index is 11.6. The molecular formula is C13H17NO2. The van der Waals surface area contributed by atoms with Gasteiger partial charge in [0, 0.05) is 6.54 Å². The van der Waals surface area contributed by atoms with Gasteiger partial charge in [0.2, 0.25) is 0 Å². The minimum absolute atomic E-state index is 0.245. The van der Waals surface area contributed by atoms with Crippen LogP contribution in [0, 0.1) is 5.92 Å². The van der Waals surface area contributed by atoms with E-state index >= 15 is 0 Å². The first-order chi connectivity index (χ1) is 7.68. The van der Waals surface area contributed by atoms with Crippen LogP contribution in [0.4, 0.5) is 0 Å². The minimum atomic E-state index is -0.245. The Hall–Kier alpha value is -1.51. The van der Waals surface area contributed by atoms with Crippen LogP contribution in [0.1, 0.15) is 26.7 Å². The number of para-hydroxylation sites is 2. The van der Waals surface area contributed by atoms with Crippen LogP contribution < -0.4 is 5.76 Å². The van der Waals surface area contributed by atoms with Crippen molar-refractivity contribution in [3.8, 4) is 0 Å². The number of rotatable bonds is 4. The Morgan fingerprint density at radius 1 is 1.31 bits per heavy atom. The van der Waals surface area contributed by atoms with Crippen molar-refractivity contribution in [2.45, 2.75) is 33.2 Å². The lowest BCUT2D eigenvalue weighted by Gasteiger charge is -2.04. The van der Waals surface area contributed by atoms with Crippen LogP contribution in [0.3, 0.4) is 0 Å². The molecule has 0 radical (unpaired) electrons. The highest BCUT2D eigenvalue weighted by atomic mass is 16.4. The van der Waals surface area contributed by atoms with E-state index < -0.39 is 0 Å². The fourth-order valence-corrected chi connectivity index (χ4v) is 1.88. The second-order valence-electron chi connectivity index (χ2n) is 4.52. The molecule has 0 aliphatic carbocycles. The fraction of sp³-hybridized carbons (Fsp3) is 0.462. The van der Waals surface area contributed by atoms with Gasteiger partial charge in [-0.3, -0.25) is 4.57 Å². The predicted octanol–water partition coefficient (Wildman–Crippen LogP) is 3.03. The summed E-state index contributed by atoms with van der Waals surface area (Å²) >= 11 is 0. The van der Waals surface area contributed by atoms with Crippen LogP contribution >= 0.6 is 0 Å². The highest BCUT2D eigenvalue weighted by Gasteiger charge is 2.07. The molecule has 16 heavy (non-hydrogen) atoms. The van der Waals surface area contributed by atoms with E-state index in [0.29, 0.717) is 11.5 Å². The number of hydrogen-bond acceptors (Lipinski definition) is 2. The molecule has 0 aliphatic rings. The SMILES string of the molecule is CC(C)CCCn1c(=O)oc2ccccc21. The lowest BCUT2D eigenvalue weighted by molar-refractivity contribution is 0.468. The van der Waals surface area contributed by atoms with Gasteiger partial charge in [-0.1, -0.05) is 26.0 Å². The summed E-state index contributed by atoms with van der Waals surface area (Å²) in [4.78, 5) is 11.6. The number of fused-ring (bicyclic) bond motifs is 1. The molecule has 86 valence electrons. The molecule has 0 spiro atoms. The van der Waals surface area contributed by atoms with Gasteiger partial charge in [-0.05, 0) is 30.9 Å².